The second-order valence-corrected chi connectivity index (χ2v) is 5.28. The first kappa shape index (κ1) is 12.2. The summed E-state index contributed by atoms with van der Waals surface area (Å²) in [6.45, 7) is 2.19. The van der Waals surface area contributed by atoms with E-state index < -0.39 is 0 Å². The first-order valence-corrected chi connectivity index (χ1v) is 7.04. The quantitative estimate of drug-likeness (QED) is 0.727. The molecule has 0 spiro atoms. The zero-order valence-corrected chi connectivity index (χ0v) is 11.2. The van der Waals surface area contributed by atoms with Crippen LogP contribution in [0.25, 0.3) is 11.1 Å². The Kier molecular flexibility index (Phi) is 3.48. The zero-order chi connectivity index (χ0) is 13.1. The van der Waals surface area contributed by atoms with Crippen molar-refractivity contribution in [3.63, 3.8) is 0 Å². The monoisotopic (exact) mass is 274 g/mol. The largest absolute Gasteiger partial charge is 0.419 e. The molecule has 0 saturated carbocycles. The van der Waals surface area contributed by atoms with Gasteiger partial charge in [0.2, 0.25) is 0 Å². The average Bonchev–Trinajstić information content (AvgIpc) is 3.02. The van der Waals surface area contributed by atoms with Crippen LogP contribution < -0.4 is 11.1 Å². The summed E-state index contributed by atoms with van der Waals surface area (Å²) in [7, 11) is 0. The third-order valence-corrected chi connectivity index (χ3v) is 3.84. The van der Waals surface area contributed by atoms with Crippen molar-refractivity contribution < 1.29 is 4.42 Å². The zero-order valence-electron chi connectivity index (χ0n) is 10.3. The number of benzene rings is 1. The Morgan fingerprint density at radius 1 is 1.21 bits per heavy atom. The molecule has 0 aliphatic rings. The van der Waals surface area contributed by atoms with E-state index in [2.05, 4.69) is 16.8 Å². The molecule has 98 valence electrons. The van der Waals surface area contributed by atoms with Crippen molar-refractivity contribution in [2.45, 2.75) is 13.1 Å². The van der Waals surface area contributed by atoms with Gasteiger partial charge in [-0.15, -0.1) is 11.3 Å². The highest BCUT2D eigenvalue weighted by molar-refractivity contribution is 7.09. The molecule has 5 heteroatoms. The normalized spacial score (nSPS) is 11.2. The van der Waals surface area contributed by atoms with E-state index in [1.165, 1.54) is 4.88 Å². The Bertz CT molecular complexity index is 712. The number of hydrogen-bond acceptors (Lipinski definition) is 4. The van der Waals surface area contributed by atoms with Gasteiger partial charge in [0.25, 0.3) is 0 Å². The number of para-hydroxylation sites is 2. The van der Waals surface area contributed by atoms with Crippen LogP contribution in [0.2, 0.25) is 0 Å². The summed E-state index contributed by atoms with van der Waals surface area (Å²) in [6, 6.07) is 11.6. The predicted octanol–water partition coefficient (Wildman–Crippen LogP) is 2.45. The third kappa shape index (κ3) is 2.62. The highest BCUT2D eigenvalue weighted by Crippen LogP contribution is 2.11. The van der Waals surface area contributed by atoms with Gasteiger partial charge >= 0.3 is 5.76 Å². The van der Waals surface area contributed by atoms with E-state index in [9.17, 15) is 4.79 Å². The Morgan fingerprint density at radius 2 is 2.11 bits per heavy atom. The van der Waals surface area contributed by atoms with Crippen LogP contribution in [0.4, 0.5) is 0 Å². The second kappa shape index (κ2) is 5.42. The van der Waals surface area contributed by atoms with Crippen molar-refractivity contribution in [1.29, 1.82) is 0 Å². The molecule has 0 bridgehead atoms. The third-order valence-electron chi connectivity index (χ3n) is 2.97. The standard InChI is InChI=1S/C14H14N2O2S/c17-14-16(12-5-1-2-6-13(12)18-14)8-7-15-10-11-4-3-9-19-11/h1-6,9,15H,7-8,10H2. The number of thiophene rings is 1. The first-order chi connectivity index (χ1) is 9.34. The lowest BCUT2D eigenvalue weighted by Gasteiger charge is -2.03. The molecule has 3 rings (SSSR count). The number of nitrogens with one attached hydrogen (secondary N) is 1. The molecule has 0 atom stereocenters. The smallest absolute Gasteiger partial charge is 0.408 e. The van der Waals surface area contributed by atoms with Crippen molar-refractivity contribution in [3.05, 3.63) is 57.2 Å². The highest BCUT2D eigenvalue weighted by Gasteiger charge is 2.07. The topological polar surface area (TPSA) is 47.2 Å². The van der Waals surface area contributed by atoms with E-state index in [1.54, 1.807) is 15.9 Å². The van der Waals surface area contributed by atoms with Gasteiger partial charge in [-0.2, -0.15) is 0 Å². The number of rotatable bonds is 5. The molecule has 0 amide bonds. The first-order valence-electron chi connectivity index (χ1n) is 6.16. The van der Waals surface area contributed by atoms with E-state index in [4.69, 9.17) is 4.42 Å². The molecular formula is C14H14N2O2S. The maximum atomic E-state index is 11.7. The lowest BCUT2D eigenvalue weighted by Crippen LogP contribution is -2.24. The van der Waals surface area contributed by atoms with Crippen LogP contribution in [0, 0.1) is 0 Å². The number of nitrogens with zero attached hydrogens (tertiary/aromatic N) is 1. The molecule has 0 aliphatic carbocycles. The lowest BCUT2D eigenvalue weighted by molar-refractivity contribution is 0.494. The van der Waals surface area contributed by atoms with Crippen molar-refractivity contribution in [2.24, 2.45) is 0 Å². The predicted molar refractivity (Wildman–Crippen MR) is 76.5 cm³/mol. The van der Waals surface area contributed by atoms with E-state index in [0.29, 0.717) is 12.1 Å². The second-order valence-electron chi connectivity index (χ2n) is 4.24. The van der Waals surface area contributed by atoms with Gasteiger partial charge in [0, 0.05) is 24.5 Å². The maximum absolute atomic E-state index is 11.7. The Hall–Kier alpha value is -1.85. The fraction of sp³-hybridized carbons (Fsp3) is 0.214. The van der Waals surface area contributed by atoms with Crippen molar-refractivity contribution in [3.8, 4) is 0 Å². The van der Waals surface area contributed by atoms with Crippen molar-refractivity contribution in [2.75, 3.05) is 6.54 Å². The summed E-state index contributed by atoms with van der Waals surface area (Å²) in [4.78, 5) is 13.0. The Labute approximate surface area is 114 Å². The molecule has 0 fully saturated rings. The molecule has 0 saturated heterocycles. The van der Waals surface area contributed by atoms with Crippen LogP contribution in [-0.2, 0) is 13.1 Å². The number of oxazole rings is 1. The van der Waals surface area contributed by atoms with Crippen LogP contribution in [0.5, 0.6) is 0 Å². The molecule has 4 nitrogen and oxygen atoms in total. The summed E-state index contributed by atoms with van der Waals surface area (Å²) in [6.07, 6.45) is 0. The molecule has 0 radical (unpaired) electrons. The molecule has 2 aromatic heterocycles. The Balaban J connectivity index is 1.65. The van der Waals surface area contributed by atoms with Gasteiger partial charge < -0.3 is 9.73 Å². The van der Waals surface area contributed by atoms with Gasteiger partial charge in [-0.25, -0.2) is 4.79 Å². The van der Waals surface area contributed by atoms with Crippen molar-refractivity contribution >= 4 is 22.4 Å². The molecule has 0 unspecified atom stereocenters. The fourth-order valence-corrected chi connectivity index (χ4v) is 2.72. The van der Waals surface area contributed by atoms with E-state index in [-0.39, 0.29) is 5.76 Å². The van der Waals surface area contributed by atoms with E-state index in [0.717, 1.165) is 18.6 Å². The van der Waals surface area contributed by atoms with Crippen LogP contribution in [0.3, 0.4) is 0 Å². The summed E-state index contributed by atoms with van der Waals surface area (Å²) >= 11 is 1.73. The van der Waals surface area contributed by atoms with Gasteiger partial charge in [-0.05, 0) is 23.6 Å². The summed E-state index contributed by atoms with van der Waals surface area (Å²) in [5.41, 5.74) is 1.50. The number of hydrogen-bond donors (Lipinski definition) is 1. The Morgan fingerprint density at radius 3 is 2.95 bits per heavy atom. The summed E-state index contributed by atoms with van der Waals surface area (Å²) < 4.78 is 6.85. The van der Waals surface area contributed by atoms with Crippen LogP contribution in [-0.4, -0.2) is 11.1 Å². The van der Waals surface area contributed by atoms with Gasteiger partial charge in [0.1, 0.15) is 0 Å². The molecule has 19 heavy (non-hydrogen) atoms. The molecule has 2 heterocycles. The van der Waals surface area contributed by atoms with E-state index >= 15 is 0 Å². The molecule has 0 aliphatic heterocycles. The van der Waals surface area contributed by atoms with E-state index in [1.807, 2.05) is 30.3 Å². The molecule has 1 N–H and O–H groups in total. The van der Waals surface area contributed by atoms with Gasteiger partial charge in [0.05, 0.1) is 5.52 Å². The lowest BCUT2D eigenvalue weighted by atomic mass is 10.3. The van der Waals surface area contributed by atoms with Gasteiger partial charge in [-0.1, -0.05) is 18.2 Å². The van der Waals surface area contributed by atoms with Gasteiger partial charge in [-0.3, -0.25) is 4.57 Å². The summed E-state index contributed by atoms with van der Waals surface area (Å²) in [5, 5.41) is 5.39. The maximum Gasteiger partial charge on any atom is 0.419 e. The van der Waals surface area contributed by atoms with Gasteiger partial charge in [0.15, 0.2) is 5.58 Å². The van der Waals surface area contributed by atoms with Crippen LogP contribution in [0.15, 0.2) is 51.0 Å². The van der Waals surface area contributed by atoms with Crippen LogP contribution in [0.1, 0.15) is 4.88 Å². The van der Waals surface area contributed by atoms with Crippen LogP contribution >= 0.6 is 11.3 Å². The minimum absolute atomic E-state index is 0.292. The minimum atomic E-state index is -0.292. The fourth-order valence-electron chi connectivity index (χ4n) is 2.04. The number of aromatic nitrogens is 1. The minimum Gasteiger partial charge on any atom is -0.408 e. The van der Waals surface area contributed by atoms with Crippen molar-refractivity contribution in [1.82, 2.24) is 9.88 Å². The SMILES string of the molecule is O=c1oc2ccccc2n1CCNCc1cccs1. The summed E-state index contributed by atoms with van der Waals surface area (Å²) in [5.74, 6) is -0.292. The number of fused-ring (bicyclic) bond motifs is 1. The molecular weight excluding hydrogens is 260 g/mol. The molecule has 1 aromatic carbocycles. The highest BCUT2D eigenvalue weighted by atomic mass is 32.1. The average molecular weight is 274 g/mol. The molecule has 3 aromatic rings.